The van der Waals surface area contributed by atoms with Gasteiger partial charge in [0.2, 0.25) is 23.6 Å². The zero-order chi connectivity index (χ0) is 49.0. The Bertz CT molecular complexity index is 1150. The van der Waals surface area contributed by atoms with E-state index in [9.17, 15) is 29.4 Å². The largest absolute Gasteiger partial charge is 0.395 e. The molecular weight excluding hydrogens is 827 g/mol. The molecule has 0 bridgehead atoms. The van der Waals surface area contributed by atoms with Crippen molar-refractivity contribution in [1.82, 2.24) is 25.3 Å². The summed E-state index contributed by atoms with van der Waals surface area (Å²) in [4.78, 5) is 58.9. The Morgan fingerprint density at radius 2 is 0.727 bits per heavy atom. The van der Waals surface area contributed by atoms with Crippen molar-refractivity contribution in [3.63, 3.8) is 0 Å². The van der Waals surface area contributed by atoms with E-state index in [1.165, 1.54) is 103 Å². The summed E-state index contributed by atoms with van der Waals surface area (Å²) in [6.07, 6.45) is 40.9. The van der Waals surface area contributed by atoms with Gasteiger partial charge in [-0.2, -0.15) is 0 Å². The zero-order valence-electron chi connectivity index (χ0n) is 43.9. The Labute approximate surface area is 406 Å². The molecule has 0 aromatic rings. The van der Waals surface area contributed by atoms with Crippen molar-refractivity contribution in [2.45, 2.75) is 233 Å². The van der Waals surface area contributed by atoms with E-state index < -0.39 is 12.1 Å². The quantitative estimate of drug-likeness (QED) is 0.0352. The number of amides is 4. The summed E-state index contributed by atoms with van der Waals surface area (Å²) in [6, 6.07) is -1.35. The second kappa shape index (κ2) is 44.7. The highest BCUT2D eigenvalue weighted by atomic mass is 16.3. The molecule has 4 N–H and O–H groups in total. The number of aliphatic hydroxyl groups is 2. The van der Waals surface area contributed by atoms with Gasteiger partial charge in [0.05, 0.1) is 13.2 Å². The SMILES string of the molecule is CCCCCCCC/C=C\CCCCCCCC(=O)N(CCO)C(C(=O)NCCN(C)CCNC(=O)C(C(C)C)N(CCO)C(=O)CCCCCCC/C=C\CCCCCCCC)C(C)C. The molecule has 0 radical (unpaired) electrons. The molecule has 0 aromatic heterocycles. The van der Waals surface area contributed by atoms with Crippen molar-refractivity contribution in [2.75, 3.05) is 59.5 Å². The monoisotopic (exact) mass is 932 g/mol. The molecule has 0 aromatic carbocycles. The molecule has 386 valence electrons. The van der Waals surface area contributed by atoms with Crippen LogP contribution in [0.3, 0.4) is 0 Å². The average Bonchev–Trinajstić information content (AvgIpc) is 3.28. The smallest absolute Gasteiger partial charge is 0.243 e. The Kier molecular flexibility index (Phi) is 42.9. The first-order valence-electron chi connectivity index (χ1n) is 27.3. The molecule has 11 nitrogen and oxygen atoms in total. The maximum Gasteiger partial charge on any atom is 0.243 e. The number of hydrogen-bond donors (Lipinski definition) is 4. The zero-order valence-corrected chi connectivity index (χ0v) is 43.9. The number of rotatable bonds is 46. The van der Waals surface area contributed by atoms with Crippen LogP contribution in [0.15, 0.2) is 24.3 Å². The van der Waals surface area contributed by atoms with Gasteiger partial charge in [0.15, 0.2) is 0 Å². The van der Waals surface area contributed by atoms with Crippen LogP contribution in [0.25, 0.3) is 0 Å². The van der Waals surface area contributed by atoms with Crippen LogP contribution in [0.4, 0.5) is 0 Å². The number of allylic oxidation sites excluding steroid dienone is 4. The maximum absolute atomic E-state index is 13.5. The van der Waals surface area contributed by atoms with Crippen molar-refractivity contribution in [2.24, 2.45) is 11.8 Å². The predicted octanol–water partition coefficient (Wildman–Crippen LogP) is 10.9. The van der Waals surface area contributed by atoms with Crippen LogP contribution in [-0.2, 0) is 19.2 Å². The fourth-order valence-electron chi connectivity index (χ4n) is 8.70. The van der Waals surface area contributed by atoms with E-state index in [-0.39, 0.29) is 61.8 Å². The molecule has 66 heavy (non-hydrogen) atoms. The Morgan fingerprint density at radius 3 is 1.02 bits per heavy atom. The first-order valence-corrected chi connectivity index (χ1v) is 27.3. The first kappa shape index (κ1) is 63.2. The van der Waals surface area contributed by atoms with E-state index in [0.717, 1.165) is 64.2 Å². The summed E-state index contributed by atoms with van der Waals surface area (Å²) in [7, 11) is 1.92. The number of likely N-dealkylation sites (N-methyl/N-ethyl adjacent to an activating group) is 1. The fraction of sp³-hybridized carbons (Fsp3) is 0.855. The van der Waals surface area contributed by atoms with Crippen LogP contribution >= 0.6 is 0 Å². The van der Waals surface area contributed by atoms with E-state index in [1.807, 2.05) is 39.6 Å². The molecule has 4 amide bonds. The molecule has 0 aliphatic rings. The van der Waals surface area contributed by atoms with Gasteiger partial charge < -0.3 is 35.5 Å². The summed E-state index contributed by atoms with van der Waals surface area (Å²) in [5.41, 5.74) is 0. The van der Waals surface area contributed by atoms with Crippen LogP contribution in [0.5, 0.6) is 0 Å². The van der Waals surface area contributed by atoms with Crippen molar-refractivity contribution in [3.05, 3.63) is 24.3 Å². The lowest BCUT2D eigenvalue weighted by molar-refractivity contribution is -0.143. The Hall–Kier alpha value is -2.76. The molecular formula is C55H105N5O6. The normalized spacial score (nSPS) is 12.8. The number of nitrogens with zero attached hydrogens (tertiary/aromatic N) is 3. The van der Waals surface area contributed by atoms with E-state index in [2.05, 4.69) is 48.8 Å². The highest BCUT2D eigenvalue weighted by Gasteiger charge is 2.33. The minimum Gasteiger partial charge on any atom is -0.395 e. The molecule has 0 saturated carbocycles. The number of carbonyl (C=O) groups is 4. The van der Waals surface area contributed by atoms with E-state index >= 15 is 0 Å². The van der Waals surface area contributed by atoms with Gasteiger partial charge in [-0.05, 0) is 83.1 Å². The van der Waals surface area contributed by atoms with Gasteiger partial charge in [0.1, 0.15) is 12.1 Å². The van der Waals surface area contributed by atoms with Crippen molar-refractivity contribution in [1.29, 1.82) is 0 Å². The van der Waals surface area contributed by atoms with Crippen molar-refractivity contribution >= 4 is 23.6 Å². The number of unbranched alkanes of at least 4 members (excludes halogenated alkanes) is 22. The second-order valence-corrected chi connectivity index (χ2v) is 19.6. The van der Waals surface area contributed by atoms with Gasteiger partial charge in [-0.3, -0.25) is 19.2 Å². The van der Waals surface area contributed by atoms with Crippen LogP contribution in [0, 0.1) is 11.8 Å². The second-order valence-electron chi connectivity index (χ2n) is 19.6. The van der Waals surface area contributed by atoms with Crippen molar-refractivity contribution in [3.8, 4) is 0 Å². The lowest BCUT2D eigenvalue weighted by Crippen LogP contribution is -2.54. The number of nitrogens with one attached hydrogen (secondary N) is 2. The van der Waals surface area contributed by atoms with Crippen LogP contribution in [0.2, 0.25) is 0 Å². The summed E-state index contributed by atoms with van der Waals surface area (Å²) >= 11 is 0. The summed E-state index contributed by atoms with van der Waals surface area (Å²) in [5.74, 6) is -0.899. The van der Waals surface area contributed by atoms with Gasteiger partial charge in [0.25, 0.3) is 0 Å². The van der Waals surface area contributed by atoms with Gasteiger partial charge in [-0.1, -0.05) is 169 Å². The molecule has 0 fully saturated rings. The first-order chi connectivity index (χ1) is 32.0. The Morgan fingerprint density at radius 1 is 0.439 bits per heavy atom. The fourth-order valence-corrected chi connectivity index (χ4v) is 8.70. The average molecular weight is 932 g/mol. The number of hydrogen-bond acceptors (Lipinski definition) is 7. The highest BCUT2D eigenvalue weighted by molar-refractivity contribution is 5.88. The third kappa shape index (κ3) is 33.7. The highest BCUT2D eigenvalue weighted by Crippen LogP contribution is 2.18. The third-order valence-corrected chi connectivity index (χ3v) is 12.7. The minimum atomic E-state index is -0.674. The topological polar surface area (TPSA) is 143 Å². The lowest BCUT2D eigenvalue weighted by Gasteiger charge is -2.33. The van der Waals surface area contributed by atoms with Gasteiger partial charge in [0, 0.05) is 52.1 Å². The predicted molar refractivity (Wildman–Crippen MR) is 277 cm³/mol. The maximum atomic E-state index is 13.5. The van der Waals surface area contributed by atoms with Crippen LogP contribution < -0.4 is 10.6 Å². The molecule has 2 unspecified atom stereocenters. The van der Waals surface area contributed by atoms with E-state index in [4.69, 9.17) is 0 Å². The van der Waals surface area contributed by atoms with Gasteiger partial charge in [-0.15, -0.1) is 0 Å². The molecule has 0 saturated heterocycles. The summed E-state index contributed by atoms with van der Waals surface area (Å²) in [5, 5.41) is 25.7. The van der Waals surface area contributed by atoms with Gasteiger partial charge in [-0.25, -0.2) is 0 Å². The van der Waals surface area contributed by atoms with E-state index in [1.54, 1.807) is 9.80 Å². The minimum absolute atomic E-state index is 0.0922. The summed E-state index contributed by atoms with van der Waals surface area (Å²) in [6.45, 7) is 13.9. The van der Waals surface area contributed by atoms with E-state index in [0.29, 0.717) is 39.0 Å². The third-order valence-electron chi connectivity index (χ3n) is 12.7. The molecule has 11 heteroatoms. The van der Waals surface area contributed by atoms with Crippen molar-refractivity contribution < 1.29 is 29.4 Å². The molecule has 2 atom stereocenters. The summed E-state index contributed by atoms with van der Waals surface area (Å²) < 4.78 is 0. The molecule has 0 aliphatic heterocycles. The number of carbonyl (C=O) groups excluding carboxylic acids is 4. The van der Waals surface area contributed by atoms with Gasteiger partial charge >= 0.3 is 0 Å². The number of aliphatic hydroxyl groups excluding tert-OH is 2. The lowest BCUT2D eigenvalue weighted by atomic mass is 10.00. The standard InChI is InChI=1S/C55H105N5O6/c1-8-10-12-14-16-18-20-22-24-26-28-30-32-34-36-38-50(63)59(44-46-61)52(48(3)4)54(65)56-40-42-58(7)43-41-57-55(66)53(49(5)6)60(45-47-62)51(64)39-37-35-33-31-29-27-25-23-21-19-17-15-13-11-9-2/h22-25,48-49,52-53,61-62H,8-21,26-47H2,1-7H3,(H,56,65)(H,57,66)/b24-22-,25-23-. The molecule has 0 heterocycles. The van der Waals surface area contributed by atoms with Crippen LogP contribution in [-0.4, -0.2) is 120 Å². The molecule has 0 rings (SSSR count). The molecule has 0 spiro atoms. The molecule has 0 aliphatic carbocycles. The Balaban J connectivity index is 4.66. The van der Waals surface area contributed by atoms with Crippen LogP contribution in [0.1, 0.15) is 221 Å².